The Kier molecular flexibility index (Phi) is 6.74. The highest BCUT2D eigenvalue weighted by Crippen LogP contribution is 2.14. The van der Waals surface area contributed by atoms with Gasteiger partial charge in [0.1, 0.15) is 0 Å². The van der Waals surface area contributed by atoms with E-state index in [-0.39, 0.29) is 17.9 Å². The van der Waals surface area contributed by atoms with Gasteiger partial charge in [-0.15, -0.1) is 0 Å². The number of aromatic nitrogens is 1. The molecule has 1 unspecified atom stereocenters. The highest BCUT2D eigenvalue weighted by atomic mass is 16.2. The summed E-state index contributed by atoms with van der Waals surface area (Å²) in [5.41, 5.74) is 3.13. The lowest BCUT2D eigenvalue weighted by Crippen LogP contribution is -2.30. The fourth-order valence-electron chi connectivity index (χ4n) is 3.07. The number of pyridine rings is 1. The first-order valence-corrected chi connectivity index (χ1v) is 9.65. The van der Waals surface area contributed by atoms with Gasteiger partial charge in [0.15, 0.2) is 0 Å². The van der Waals surface area contributed by atoms with Crippen LogP contribution in [0.25, 0.3) is 0 Å². The molecule has 1 atom stereocenters. The topological polar surface area (TPSA) is 62.3 Å². The van der Waals surface area contributed by atoms with E-state index in [1.54, 1.807) is 48.6 Å². The van der Waals surface area contributed by atoms with Crippen LogP contribution in [0.15, 0.2) is 79.1 Å². The molecule has 3 aromatic rings. The van der Waals surface area contributed by atoms with Crippen LogP contribution in [0.3, 0.4) is 0 Å². The van der Waals surface area contributed by atoms with Crippen LogP contribution in [0, 0.1) is 0 Å². The van der Waals surface area contributed by atoms with Crippen molar-refractivity contribution >= 4 is 11.8 Å². The summed E-state index contributed by atoms with van der Waals surface area (Å²) < 4.78 is 0. The predicted molar refractivity (Wildman–Crippen MR) is 114 cm³/mol. The normalized spacial score (nSPS) is 11.5. The van der Waals surface area contributed by atoms with E-state index < -0.39 is 0 Å². The zero-order valence-corrected chi connectivity index (χ0v) is 16.7. The molecule has 3 rings (SSSR count). The maximum absolute atomic E-state index is 12.8. The zero-order chi connectivity index (χ0) is 20.6. The maximum Gasteiger partial charge on any atom is 0.253 e. The average Bonchev–Trinajstić information content (AvgIpc) is 2.78. The second-order valence-electron chi connectivity index (χ2n) is 7.02. The Morgan fingerprint density at radius 1 is 0.966 bits per heavy atom. The Balaban J connectivity index is 1.63. The zero-order valence-electron chi connectivity index (χ0n) is 16.7. The Morgan fingerprint density at radius 2 is 1.66 bits per heavy atom. The molecule has 148 valence electrons. The minimum Gasteiger partial charge on any atom is -0.346 e. The van der Waals surface area contributed by atoms with Gasteiger partial charge in [-0.2, -0.15) is 0 Å². The molecule has 1 aromatic heterocycles. The molecule has 29 heavy (non-hydrogen) atoms. The number of nitrogens with one attached hydrogen (secondary N) is 1. The smallest absolute Gasteiger partial charge is 0.253 e. The molecule has 2 aromatic carbocycles. The predicted octanol–water partition coefficient (Wildman–Crippen LogP) is 3.89. The van der Waals surface area contributed by atoms with E-state index in [9.17, 15) is 9.59 Å². The van der Waals surface area contributed by atoms with Gasteiger partial charge < -0.3 is 10.2 Å². The van der Waals surface area contributed by atoms with Crippen molar-refractivity contribution in [3.8, 4) is 0 Å². The van der Waals surface area contributed by atoms with Gasteiger partial charge in [0, 0.05) is 37.1 Å². The van der Waals surface area contributed by atoms with Gasteiger partial charge in [0.2, 0.25) is 0 Å². The van der Waals surface area contributed by atoms with E-state index in [0.29, 0.717) is 17.7 Å². The van der Waals surface area contributed by atoms with Crippen LogP contribution in [0.2, 0.25) is 0 Å². The Hall–Kier alpha value is -3.47. The molecule has 1 N–H and O–H groups in total. The number of rotatable bonds is 7. The van der Waals surface area contributed by atoms with Crippen molar-refractivity contribution in [2.24, 2.45) is 0 Å². The van der Waals surface area contributed by atoms with E-state index >= 15 is 0 Å². The van der Waals surface area contributed by atoms with Crippen molar-refractivity contribution in [1.82, 2.24) is 15.2 Å². The largest absolute Gasteiger partial charge is 0.346 e. The summed E-state index contributed by atoms with van der Waals surface area (Å²) in [6.45, 7) is 2.53. The fourth-order valence-corrected chi connectivity index (χ4v) is 3.07. The average molecular weight is 387 g/mol. The SMILES string of the molecule is CC(NC(=O)c1cccc(C(=O)N(C)CCc2ccncc2)c1)c1ccccc1. The number of carbonyl (C=O) groups excluding carboxylic acids is 2. The van der Waals surface area contributed by atoms with Gasteiger partial charge in [-0.05, 0) is 54.8 Å². The van der Waals surface area contributed by atoms with E-state index in [4.69, 9.17) is 0 Å². The number of hydrogen-bond acceptors (Lipinski definition) is 3. The lowest BCUT2D eigenvalue weighted by Gasteiger charge is -2.18. The van der Waals surface area contributed by atoms with Crippen LogP contribution in [0.1, 0.15) is 44.8 Å². The number of likely N-dealkylation sites (N-methyl/N-ethyl adjacent to an activating group) is 1. The number of amides is 2. The maximum atomic E-state index is 12.8. The van der Waals surface area contributed by atoms with Gasteiger partial charge in [-0.3, -0.25) is 14.6 Å². The summed E-state index contributed by atoms with van der Waals surface area (Å²) in [6, 6.07) is 20.4. The van der Waals surface area contributed by atoms with E-state index in [2.05, 4.69) is 10.3 Å². The molecule has 5 nitrogen and oxygen atoms in total. The Morgan fingerprint density at radius 3 is 2.38 bits per heavy atom. The molecular weight excluding hydrogens is 362 g/mol. The van der Waals surface area contributed by atoms with Crippen LogP contribution in [-0.2, 0) is 6.42 Å². The lowest BCUT2D eigenvalue weighted by molar-refractivity contribution is 0.0796. The molecule has 0 bridgehead atoms. The van der Waals surface area contributed by atoms with E-state index in [0.717, 1.165) is 17.5 Å². The van der Waals surface area contributed by atoms with Gasteiger partial charge in [-0.1, -0.05) is 36.4 Å². The third-order valence-electron chi connectivity index (χ3n) is 4.85. The molecule has 5 heteroatoms. The van der Waals surface area contributed by atoms with Crippen LogP contribution in [-0.4, -0.2) is 35.3 Å². The summed E-state index contributed by atoms with van der Waals surface area (Å²) >= 11 is 0. The summed E-state index contributed by atoms with van der Waals surface area (Å²) in [5, 5.41) is 2.98. The van der Waals surface area contributed by atoms with Gasteiger partial charge >= 0.3 is 0 Å². The summed E-state index contributed by atoms with van der Waals surface area (Å²) in [6.07, 6.45) is 4.24. The van der Waals surface area contributed by atoms with Crippen molar-refractivity contribution in [3.63, 3.8) is 0 Å². The molecule has 0 aliphatic heterocycles. The van der Waals surface area contributed by atoms with E-state index in [1.807, 2.05) is 49.4 Å². The third-order valence-corrected chi connectivity index (χ3v) is 4.85. The number of hydrogen-bond donors (Lipinski definition) is 1. The Bertz CT molecular complexity index is 958. The first-order valence-electron chi connectivity index (χ1n) is 9.65. The molecule has 2 amide bonds. The van der Waals surface area contributed by atoms with Crippen molar-refractivity contribution in [1.29, 1.82) is 0 Å². The molecule has 0 aliphatic rings. The molecule has 0 spiro atoms. The highest BCUT2D eigenvalue weighted by Gasteiger charge is 2.16. The highest BCUT2D eigenvalue weighted by molar-refractivity contribution is 5.99. The number of carbonyl (C=O) groups is 2. The lowest BCUT2D eigenvalue weighted by atomic mass is 10.1. The second kappa shape index (κ2) is 9.64. The Labute approximate surface area is 171 Å². The van der Waals surface area contributed by atoms with Gasteiger partial charge in [0.25, 0.3) is 11.8 Å². The van der Waals surface area contributed by atoms with Gasteiger partial charge in [-0.25, -0.2) is 0 Å². The van der Waals surface area contributed by atoms with Crippen LogP contribution in [0.5, 0.6) is 0 Å². The minimum absolute atomic E-state index is 0.107. The van der Waals surface area contributed by atoms with Gasteiger partial charge in [0.05, 0.1) is 6.04 Å². The third kappa shape index (κ3) is 5.51. The first-order chi connectivity index (χ1) is 14.0. The molecule has 0 radical (unpaired) electrons. The number of nitrogens with zero attached hydrogens (tertiary/aromatic N) is 2. The van der Waals surface area contributed by atoms with Crippen molar-refractivity contribution in [2.75, 3.05) is 13.6 Å². The van der Waals surface area contributed by atoms with E-state index in [1.165, 1.54) is 0 Å². The molecule has 0 aliphatic carbocycles. The number of benzene rings is 2. The first kappa shape index (κ1) is 20.3. The quantitative estimate of drug-likeness (QED) is 0.669. The summed E-state index contributed by atoms with van der Waals surface area (Å²) in [5.74, 6) is -0.305. The summed E-state index contributed by atoms with van der Waals surface area (Å²) in [7, 11) is 1.77. The van der Waals surface area contributed by atoms with Crippen molar-refractivity contribution in [3.05, 3.63) is 101 Å². The van der Waals surface area contributed by atoms with Crippen LogP contribution < -0.4 is 5.32 Å². The van der Waals surface area contributed by atoms with Crippen molar-refractivity contribution < 1.29 is 9.59 Å². The monoisotopic (exact) mass is 387 g/mol. The standard InChI is InChI=1S/C24H25N3O2/c1-18(20-7-4-3-5-8-20)26-23(28)21-9-6-10-22(17-21)24(29)27(2)16-13-19-11-14-25-15-12-19/h3-12,14-15,17-18H,13,16H2,1-2H3,(H,26,28). The molecule has 0 fully saturated rings. The molecule has 0 saturated carbocycles. The molecular formula is C24H25N3O2. The molecule has 0 saturated heterocycles. The second-order valence-corrected chi connectivity index (χ2v) is 7.02. The minimum atomic E-state index is -0.199. The van der Waals surface area contributed by atoms with Crippen molar-refractivity contribution in [2.45, 2.75) is 19.4 Å². The fraction of sp³-hybridized carbons (Fsp3) is 0.208. The molecule has 1 heterocycles. The summed E-state index contributed by atoms with van der Waals surface area (Å²) in [4.78, 5) is 31.1. The van der Waals surface area contributed by atoms with Crippen LogP contribution >= 0.6 is 0 Å². The van der Waals surface area contributed by atoms with Crippen LogP contribution in [0.4, 0.5) is 0 Å².